The van der Waals surface area contributed by atoms with Gasteiger partial charge >= 0.3 is 0 Å². The second-order valence-electron chi connectivity index (χ2n) is 3.86. The van der Waals surface area contributed by atoms with Crippen LogP contribution in [0.4, 0.5) is 0 Å². The number of rotatable bonds is 1. The standard InChI is InChI=1S/C14H8N2OS/c15-8-9-1-3-10(4-2-9)14-16-12-6-5-11(17)7-13(12)18-14/h1-7,17H. The number of nitriles is 1. The molecule has 0 fully saturated rings. The van der Waals surface area contributed by atoms with E-state index < -0.39 is 0 Å². The average molecular weight is 252 g/mol. The highest BCUT2D eigenvalue weighted by Crippen LogP contribution is 2.31. The number of phenolic OH excluding ortho intramolecular Hbond substituents is 1. The summed E-state index contributed by atoms with van der Waals surface area (Å²) in [7, 11) is 0. The summed E-state index contributed by atoms with van der Waals surface area (Å²) in [6.07, 6.45) is 0. The lowest BCUT2D eigenvalue weighted by molar-refractivity contribution is 0.476. The zero-order valence-electron chi connectivity index (χ0n) is 9.29. The number of fused-ring (bicyclic) bond motifs is 1. The molecule has 3 aromatic rings. The van der Waals surface area contributed by atoms with Crippen LogP contribution in [-0.2, 0) is 0 Å². The smallest absolute Gasteiger partial charge is 0.124 e. The first kappa shape index (κ1) is 10.8. The lowest BCUT2D eigenvalue weighted by Crippen LogP contribution is -1.77. The van der Waals surface area contributed by atoms with Crippen molar-refractivity contribution in [3.63, 3.8) is 0 Å². The van der Waals surface area contributed by atoms with E-state index in [4.69, 9.17) is 5.26 Å². The van der Waals surface area contributed by atoms with E-state index in [-0.39, 0.29) is 5.75 Å². The first-order valence-corrected chi connectivity index (χ1v) is 6.18. The van der Waals surface area contributed by atoms with Crippen molar-refractivity contribution in [2.45, 2.75) is 0 Å². The minimum atomic E-state index is 0.248. The number of aromatic hydroxyl groups is 1. The lowest BCUT2D eigenvalue weighted by atomic mass is 10.1. The third-order valence-corrected chi connectivity index (χ3v) is 3.70. The van der Waals surface area contributed by atoms with Gasteiger partial charge in [0.1, 0.15) is 10.8 Å². The van der Waals surface area contributed by atoms with Crippen molar-refractivity contribution in [3.8, 4) is 22.4 Å². The van der Waals surface area contributed by atoms with Gasteiger partial charge in [-0.15, -0.1) is 11.3 Å². The van der Waals surface area contributed by atoms with E-state index in [1.165, 1.54) is 11.3 Å². The normalized spacial score (nSPS) is 10.4. The maximum Gasteiger partial charge on any atom is 0.124 e. The van der Waals surface area contributed by atoms with Crippen LogP contribution in [0.1, 0.15) is 5.56 Å². The van der Waals surface area contributed by atoms with Crippen LogP contribution in [-0.4, -0.2) is 10.1 Å². The number of thiazole rings is 1. The topological polar surface area (TPSA) is 56.9 Å². The van der Waals surface area contributed by atoms with Crippen molar-refractivity contribution in [1.29, 1.82) is 5.26 Å². The molecule has 4 heteroatoms. The van der Waals surface area contributed by atoms with Crippen molar-refractivity contribution in [3.05, 3.63) is 48.0 Å². The van der Waals surface area contributed by atoms with Gasteiger partial charge in [-0.1, -0.05) is 12.1 Å². The van der Waals surface area contributed by atoms with Gasteiger partial charge in [-0.25, -0.2) is 4.98 Å². The van der Waals surface area contributed by atoms with Crippen molar-refractivity contribution in [1.82, 2.24) is 4.98 Å². The summed E-state index contributed by atoms with van der Waals surface area (Å²) in [4.78, 5) is 4.50. The van der Waals surface area contributed by atoms with E-state index in [0.717, 1.165) is 20.8 Å². The Morgan fingerprint density at radius 3 is 2.61 bits per heavy atom. The molecule has 86 valence electrons. The Morgan fingerprint density at radius 1 is 1.11 bits per heavy atom. The predicted octanol–water partition coefficient (Wildman–Crippen LogP) is 3.54. The third kappa shape index (κ3) is 1.81. The number of nitrogens with zero attached hydrogens (tertiary/aromatic N) is 2. The lowest BCUT2D eigenvalue weighted by Gasteiger charge is -1.94. The zero-order valence-corrected chi connectivity index (χ0v) is 10.1. The molecule has 2 aromatic carbocycles. The summed E-state index contributed by atoms with van der Waals surface area (Å²) in [6.45, 7) is 0. The van der Waals surface area contributed by atoms with Gasteiger partial charge in [0.15, 0.2) is 0 Å². The fraction of sp³-hybridized carbons (Fsp3) is 0. The van der Waals surface area contributed by atoms with Crippen LogP contribution in [0.15, 0.2) is 42.5 Å². The molecule has 3 nitrogen and oxygen atoms in total. The summed E-state index contributed by atoms with van der Waals surface area (Å²) >= 11 is 1.52. The highest BCUT2D eigenvalue weighted by Gasteiger charge is 2.06. The fourth-order valence-electron chi connectivity index (χ4n) is 1.72. The molecular weight excluding hydrogens is 244 g/mol. The van der Waals surface area contributed by atoms with Crippen molar-refractivity contribution >= 4 is 21.6 Å². The fourth-order valence-corrected chi connectivity index (χ4v) is 2.73. The molecule has 0 unspecified atom stereocenters. The van der Waals surface area contributed by atoms with Crippen LogP contribution < -0.4 is 0 Å². The summed E-state index contributed by atoms with van der Waals surface area (Å²) in [5.41, 5.74) is 2.49. The quantitative estimate of drug-likeness (QED) is 0.720. The average Bonchev–Trinajstić information content (AvgIpc) is 2.81. The molecule has 1 heterocycles. The predicted molar refractivity (Wildman–Crippen MR) is 71.4 cm³/mol. The number of hydrogen-bond donors (Lipinski definition) is 1. The maximum atomic E-state index is 9.42. The second kappa shape index (κ2) is 4.13. The number of aromatic nitrogens is 1. The SMILES string of the molecule is N#Cc1ccc(-c2nc3ccc(O)cc3s2)cc1. The van der Waals surface area contributed by atoms with Crippen molar-refractivity contribution < 1.29 is 5.11 Å². The van der Waals surface area contributed by atoms with Gasteiger partial charge in [0.25, 0.3) is 0 Å². The summed E-state index contributed by atoms with van der Waals surface area (Å²) < 4.78 is 0.953. The minimum absolute atomic E-state index is 0.248. The van der Waals surface area contributed by atoms with E-state index in [0.29, 0.717) is 5.56 Å². The molecule has 0 radical (unpaired) electrons. The summed E-state index contributed by atoms with van der Waals surface area (Å²) in [6, 6.07) is 14.6. The number of phenols is 1. The molecule has 1 N–H and O–H groups in total. The Bertz CT molecular complexity index is 754. The van der Waals surface area contributed by atoms with Gasteiger partial charge in [0.2, 0.25) is 0 Å². The third-order valence-electron chi connectivity index (χ3n) is 2.63. The largest absolute Gasteiger partial charge is 0.508 e. The molecule has 0 atom stereocenters. The first-order valence-electron chi connectivity index (χ1n) is 5.36. The van der Waals surface area contributed by atoms with Crippen LogP contribution in [0, 0.1) is 11.3 Å². The molecule has 3 rings (SSSR count). The van der Waals surface area contributed by atoms with Gasteiger partial charge < -0.3 is 5.11 Å². The molecule has 0 saturated carbocycles. The molecule has 0 amide bonds. The van der Waals surface area contributed by atoms with Crippen molar-refractivity contribution in [2.24, 2.45) is 0 Å². The van der Waals surface area contributed by atoms with E-state index >= 15 is 0 Å². The molecule has 0 aliphatic heterocycles. The Kier molecular flexibility index (Phi) is 2.47. The highest BCUT2D eigenvalue weighted by atomic mass is 32.1. The van der Waals surface area contributed by atoms with Gasteiger partial charge in [0, 0.05) is 5.56 Å². The van der Waals surface area contributed by atoms with Gasteiger partial charge in [0.05, 0.1) is 21.8 Å². The molecule has 0 spiro atoms. The van der Waals surface area contributed by atoms with Gasteiger partial charge in [-0.3, -0.25) is 0 Å². The first-order chi connectivity index (χ1) is 8.76. The number of hydrogen-bond acceptors (Lipinski definition) is 4. The molecule has 1 aromatic heterocycles. The van der Waals surface area contributed by atoms with Gasteiger partial charge in [-0.05, 0) is 30.3 Å². The van der Waals surface area contributed by atoms with Crippen LogP contribution in [0.5, 0.6) is 5.75 Å². The Hall–Kier alpha value is -2.38. The van der Waals surface area contributed by atoms with E-state index in [9.17, 15) is 5.11 Å². The maximum absolute atomic E-state index is 9.42. The minimum Gasteiger partial charge on any atom is -0.508 e. The molecule has 18 heavy (non-hydrogen) atoms. The molecule has 0 saturated heterocycles. The van der Waals surface area contributed by atoms with Crippen LogP contribution >= 0.6 is 11.3 Å². The zero-order chi connectivity index (χ0) is 12.5. The van der Waals surface area contributed by atoms with E-state index in [1.54, 1.807) is 30.3 Å². The number of benzene rings is 2. The van der Waals surface area contributed by atoms with Crippen LogP contribution in [0.2, 0.25) is 0 Å². The monoisotopic (exact) mass is 252 g/mol. The molecule has 0 aliphatic rings. The summed E-state index contributed by atoms with van der Waals surface area (Å²) in [5.74, 6) is 0.248. The Morgan fingerprint density at radius 2 is 1.89 bits per heavy atom. The van der Waals surface area contributed by atoms with E-state index in [1.807, 2.05) is 12.1 Å². The highest BCUT2D eigenvalue weighted by molar-refractivity contribution is 7.21. The summed E-state index contributed by atoms with van der Waals surface area (Å²) in [5, 5.41) is 19.1. The second-order valence-corrected chi connectivity index (χ2v) is 4.89. The molecule has 0 bridgehead atoms. The Balaban J connectivity index is 2.10. The molecule has 0 aliphatic carbocycles. The molecular formula is C14H8N2OS. The Labute approximate surface area is 108 Å². The van der Waals surface area contributed by atoms with E-state index in [2.05, 4.69) is 11.1 Å². The van der Waals surface area contributed by atoms with Gasteiger partial charge in [-0.2, -0.15) is 5.26 Å². The van der Waals surface area contributed by atoms with Crippen molar-refractivity contribution in [2.75, 3.05) is 0 Å². The van der Waals surface area contributed by atoms with Crippen LogP contribution in [0.25, 0.3) is 20.8 Å². The van der Waals surface area contributed by atoms with Crippen LogP contribution in [0.3, 0.4) is 0 Å².